The minimum absolute atomic E-state index is 0.495. The zero-order valence-corrected chi connectivity index (χ0v) is 12.0. The molecular weight excluding hydrogens is 250 g/mol. The third-order valence-corrected chi connectivity index (χ3v) is 3.31. The van der Waals surface area contributed by atoms with Crippen LogP contribution in [0, 0.1) is 6.92 Å². The van der Waals surface area contributed by atoms with Crippen LogP contribution in [0.5, 0.6) is 5.75 Å². The van der Waals surface area contributed by atoms with E-state index in [1.165, 1.54) is 5.56 Å². The van der Waals surface area contributed by atoms with Crippen molar-refractivity contribution in [3.05, 3.63) is 65.2 Å². The van der Waals surface area contributed by atoms with Gasteiger partial charge in [-0.05, 0) is 18.6 Å². The smallest absolute Gasteiger partial charge is 0.123 e. The minimum Gasteiger partial charge on any atom is -0.496 e. The van der Waals surface area contributed by atoms with Crippen LogP contribution < -0.4 is 10.1 Å². The summed E-state index contributed by atoms with van der Waals surface area (Å²) in [5.74, 6) is 0.866. The first-order valence-electron chi connectivity index (χ1n) is 6.78. The Balaban J connectivity index is 1.87. The molecule has 0 fully saturated rings. The van der Waals surface area contributed by atoms with Crippen molar-refractivity contribution in [2.24, 2.45) is 0 Å². The molecule has 0 bridgehead atoms. The number of aliphatic hydroxyl groups excluding tert-OH is 1. The van der Waals surface area contributed by atoms with E-state index in [1.807, 2.05) is 55.5 Å². The van der Waals surface area contributed by atoms with Crippen molar-refractivity contribution in [3.8, 4) is 5.75 Å². The summed E-state index contributed by atoms with van der Waals surface area (Å²) in [6.45, 7) is 3.23. The van der Waals surface area contributed by atoms with Gasteiger partial charge in [0, 0.05) is 18.7 Å². The number of benzene rings is 2. The Hall–Kier alpha value is -1.84. The molecule has 0 aromatic heterocycles. The molecule has 0 saturated carbocycles. The fourth-order valence-electron chi connectivity index (χ4n) is 2.10. The van der Waals surface area contributed by atoms with Crippen molar-refractivity contribution in [3.63, 3.8) is 0 Å². The standard InChI is InChI=1S/C17H21NO2/c1-13-7-9-14(10-8-13)16(19)12-18-11-15-5-3-4-6-17(15)20-2/h3-10,16,18-19H,11-12H2,1-2H3. The van der Waals surface area contributed by atoms with Crippen LogP contribution in [-0.2, 0) is 6.54 Å². The van der Waals surface area contributed by atoms with E-state index in [0.717, 1.165) is 16.9 Å². The van der Waals surface area contributed by atoms with Gasteiger partial charge in [0.1, 0.15) is 5.75 Å². The molecule has 0 aliphatic heterocycles. The van der Waals surface area contributed by atoms with Crippen LogP contribution in [0.3, 0.4) is 0 Å². The van der Waals surface area contributed by atoms with Gasteiger partial charge in [-0.15, -0.1) is 0 Å². The van der Waals surface area contributed by atoms with Crippen molar-refractivity contribution >= 4 is 0 Å². The van der Waals surface area contributed by atoms with Gasteiger partial charge in [-0.1, -0.05) is 48.0 Å². The van der Waals surface area contributed by atoms with Gasteiger partial charge < -0.3 is 15.2 Å². The number of hydrogen-bond acceptors (Lipinski definition) is 3. The summed E-state index contributed by atoms with van der Waals surface area (Å²) in [7, 11) is 1.67. The number of rotatable bonds is 6. The molecule has 3 nitrogen and oxygen atoms in total. The van der Waals surface area contributed by atoms with Crippen molar-refractivity contribution in [2.75, 3.05) is 13.7 Å². The molecule has 2 aromatic rings. The van der Waals surface area contributed by atoms with E-state index in [1.54, 1.807) is 7.11 Å². The Morgan fingerprint density at radius 1 is 1.10 bits per heavy atom. The van der Waals surface area contributed by atoms with Gasteiger partial charge in [-0.3, -0.25) is 0 Å². The molecule has 0 aliphatic rings. The minimum atomic E-state index is -0.495. The predicted octanol–water partition coefficient (Wildman–Crippen LogP) is 2.83. The summed E-state index contributed by atoms with van der Waals surface area (Å²) in [6.07, 6.45) is -0.495. The molecule has 0 heterocycles. The van der Waals surface area contributed by atoms with E-state index in [2.05, 4.69) is 5.32 Å². The Kier molecular flexibility index (Phi) is 5.16. The van der Waals surface area contributed by atoms with Crippen LogP contribution in [0.4, 0.5) is 0 Å². The highest BCUT2D eigenvalue weighted by atomic mass is 16.5. The number of nitrogens with one attached hydrogen (secondary N) is 1. The second-order valence-corrected chi connectivity index (χ2v) is 4.87. The topological polar surface area (TPSA) is 41.5 Å². The van der Waals surface area contributed by atoms with Crippen LogP contribution in [0.15, 0.2) is 48.5 Å². The maximum absolute atomic E-state index is 10.1. The first-order valence-corrected chi connectivity index (χ1v) is 6.78. The average Bonchev–Trinajstić information content (AvgIpc) is 2.48. The normalized spacial score (nSPS) is 12.2. The zero-order chi connectivity index (χ0) is 14.4. The summed E-state index contributed by atoms with van der Waals surface area (Å²) < 4.78 is 5.30. The van der Waals surface area contributed by atoms with Crippen LogP contribution in [0.2, 0.25) is 0 Å². The van der Waals surface area contributed by atoms with Crippen molar-refractivity contribution in [1.29, 1.82) is 0 Å². The van der Waals surface area contributed by atoms with Gasteiger partial charge in [0.25, 0.3) is 0 Å². The van der Waals surface area contributed by atoms with Gasteiger partial charge in [-0.25, -0.2) is 0 Å². The maximum Gasteiger partial charge on any atom is 0.123 e. The lowest BCUT2D eigenvalue weighted by Gasteiger charge is -2.14. The third kappa shape index (κ3) is 3.83. The molecule has 1 atom stereocenters. The highest BCUT2D eigenvalue weighted by Crippen LogP contribution is 2.17. The fraction of sp³-hybridized carbons (Fsp3) is 0.294. The molecule has 0 radical (unpaired) electrons. The van der Waals surface area contributed by atoms with Crippen LogP contribution in [0.1, 0.15) is 22.8 Å². The zero-order valence-electron chi connectivity index (χ0n) is 12.0. The lowest BCUT2D eigenvalue weighted by atomic mass is 10.1. The first kappa shape index (κ1) is 14.6. The Morgan fingerprint density at radius 3 is 2.50 bits per heavy atom. The van der Waals surface area contributed by atoms with Crippen molar-refractivity contribution in [1.82, 2.24) is 5.32 Å². The van der Waals surface area contributed by atoms with Crippen LogP contribution in [-0.4, -0.2) is 18.8 Å². The van der Waals surface area contributed by atoms with Gasteiger partial charge in [-0.2, -0.15) is 0 Å². The Labute approximate surface area is 120 Å². The summed E-state index contributed by atoms with van der Waals surface area (Å²) in [5, 5.41) is 13.4. The molecule has 0 saturated heterocycles. The number of ether oxygens (including phenoxy) is 1. The van der Waals surface area contributed by atoms with Gasteiger partial charge in [0.2, 0.25) is 0 Å². The largest absolute Gasteiger partial charge is 0.496 e. The van der Waals surface area contributed by atoms with Crippen LogP contribution in [0.25, 0.3) is 0 Å². The quantitative estimate of drug-likeness (QED) is 0.849. The SMILES string of the molecule is COc1ccccc1CNCC(O)c1ccc(C)cc1. The van der Waals surface area contributed by atoms with Gasteiger partial charge in [0.05, 0.1) is 13.2 Å². The Morgan fingerprint density at radius 2 is 1.80 bits per heavy atom. The molecule has 0 spiro atoms. The molecule has 2 aromatic carbocycles. The third-order valence-electron chi connectivity index (χ3n) is 3.31. The van der Waals surface area contributed by atoms with Crippen molar-refractivity contribution < 1.29 is 9.84 Å². The van der Waals surface area contributed by atoms with Gasteiger partial charge >= 0.3 is 0 Å². The highest BCUT2D eigenvalue weighted by molar-refractivity contribution is 5.33. The van der Waals surface area contributed by atoms with E-state index < -0.39 is 6.10 Å². The van der Waals surface area contributed by atoms with E-state index in [-0.39, 0.29) is 0 Å². The molecule has 1 unspecified atom stereocenters. The summed E-state index contributed by atoms with van der Waals surface area (Å²) in [5.41, 5.74) is 3.22. The molecule has 2 rings (SSSR count). The number of hydrogen-bond donors (Lipinski definition) is 2. The van der Waals surface area contributed by atoms with E-state index in [4.69, 9.17) is 4.74 Å². The molecule has 0 aliphatic carbocycles. The average molecular weight is 271 g/mol. The second-order valence-electron chi connectivity index (χ2n) is 4.87. The van der Waals surface area contributed by atoms with E-state index in [0.29, 0.717) is 13.1 Å². The number of aryl methyl sites for hydroxylation is 1. The number of para-hydroxylation sites is 1. The predicted molar refractivity (Wildman–Crippen MR) is 80.8 cm³/mol. The van der Waals surface area contributed by atoms with E-state index >= 15 is 0 Å². The summed E-state index contributed by atoms with van der Waals surface area (Å²) in [6, 6.07) is 15.8. The molecular formula is C17H21NO2. The van der Waals surface area contributed by atoms with E-state index in [9.17, 15) is 5.11 Å². The lowest BCUT2D eigenvalue weighted by Crippen LogP contribution is -2.21. The molecule has 0 amide bonds. The van der Waals surface area contributed by atoms with Crippen molar-refractivity contribution in [2.45, 2.75) is 19.6 Å². The van der Waals surface area contributed by atoms with Crippen LogP contribution >= 0.6 is 0 Å². The summed E-state index contributed by atoms with van der Waals surface area (Å²) in [4.78, 5) is 0. The second kappa shape index (κ2) is 7.08. The molecule has 2 N–H and O–H groups in total. The monoisotopic (exact) mass is 271 g/mol. The highest BCUT2D eigenvalue weighted by Gasteiger charge is 2.07. The van der Waals surface area contributed by atoms with Gasteiger partial charge in [0.15, 0.2) is 0 Å². The molecule has 106 valence electrons. The summed E-state index contributed by atoms with van der Waals surface area (Å²) >= 11 is 0. The Bertz CT molecular complexity index is 537. The number of methoxy groups -OCH3 is 1. The lowest BCUT2D eigenvalue weighted by molar-refractivity contribution is 0.174. The maximum atomic E-state index is 10.1. The first-order chi connectivity index (χ1) is 9.70. The molecule has 20 heavy (non-hydrogen) atoms. The number of aliphatic hydroxyl groups is 1. The molecule has 3 heteroatoms. The fourth-order valence-corrected chi connectivity index (χ4v) is 2.10.